The molecule has 2 amide bonds. The molecule has 0 bridgehead atoms. The number of fused-ring (bicyclic) bond motifs is 1. The van der Waals surface area contributed by atoms with E-state index in [1.165, 1.54) is 38.9 Å². The summed E-state index contributed by atoms with van der Waals surface area (Å²) in [5, 5.41) is 53.6. The maximum Gasteiger partial charge on any atom is 0.310 e. The van der Waals surface area contributed by atoms with Crippen molar-refractivity contribution in [3.05, 3.63) is 138 Å². The molecule has 3 aromatic carbocycles. The van der Waals surface area contributed by atoms with Crippen LogP contribution in [0.4, 0.5) is 20.4 Å². The number of nitrogens with two attached hydrogens (primary N) is 2. The van der Waals surface area contributed by atoms with E-state index in [9.17, 15) is 24.6 Å². The quantitative estimate of drug-likeness (QED) is 0.0377. The summed E-state index contributed by atoms with van der Waals surface area (Å²) in [6.45, 7) is 0.253. The number of thiophene rings is 1. The molecule has 4 aromatic heterocycles. The lowest BCUT2D eigenvalue weighted by molar-refractivity contribution is -0.145. The predicted molar refractivity (Wildman–Crippen MR) is 255 cm³/mol. The highest BCUT2D eigenvalue weighted by Crippen LogP contribution is 2.25. The van der Waals surface area contributed by atoms with Crippen LogP contribution in [0.3, 0.4) is 0 Å². The zero-order valence-electron chi connectivity index (χ0n) is 35.5. The lowest BCUT2D eigenvalue weighted by Crippen LogP contribution is -2.15. The van der Waals surface area contributed by atoms with Crippen LogP contribution in [0.5, 0.6) is 0 Å². The summed E-state index contributed by atoms with van der Waals surface area (Å²) >= 11 is 5.85. The third-order valence-electron chi connectivity index (χ3n) is 9.82. The minimum atomic E-state index is -0.188. The molecule has 0 unspecified atom stereocenters. The van der Waals surface area contributed by atoms with Gasteiger partial charge in [-0.05, 0) is 77.6 Å². The molecular formula is C45H50N10O6S4. The molecule has 0 saturated carbocycles. The second-order valence-corrected chi connectivity index (χ2v) is 19.1. The first-order valence-corrected chi connectivity index (χ1v) is 24.1. The lowest BCUT2D eigenvalue weighted by atomic mass is 10.0. The van der Waals surface area contributed by atoms with Crippen LogP contribution in [-0.2, 0) is 83.9 Å². The fourth-order valence-corrected chi connectivity index (χ4v) is 9.61. The van der Waals surface area contributed by atoms with E-state index in [-0.39, 0.29) is 43.8 Å². The number of unbranched alkanes of at least 4 members (excludes halogenated alkanes) is 2. The van der Waals surface area contributed by atoms with Crippen LogP contribution in [-0.4, -0.2) is 58.6 Å². The van der Waals surface area contributed by atoms with E-state index in [1.807, 2.05) is 78.9 Å². The Labute approximate surface area is 392 Å². The molecule has 0 aliphatic carbocycles. The number of nitrogens with zero attached hydrogens (tertiary/aromatic N) is 6. The van der Waals surface area contributed by atoms with Gasteiger partial charge < -0.3 is 37.1 Å². The van der Waals surface area contributed by atoms with Gasteiger partial charge in [0.05, 0.1) is 37.5 Å². The number of aryl methyl sites for hydroxylation is 4. The minimum absolute atomic E-state index is 0.0833. The van der Waals surface area contributed by atoms with Gasteiger partial charge in [-0.3, -0.25) is 14.4 Å². The van der Waals surface area contributed by atoms with Crippen LogP contribution in [0.2, 0.25) is 0 Å². The average molecular weight is 955 g/mol. The SMILES string of the molecule is Nc1nnc(CCCCc2nnc(N)s2)s1.O=C(Cc1ccccc1CO)Nc1ccc(CCCCc2nnc(NC(=O)Cc3ccccc3CO)s2)s1.O=C1Cc2ccccc2CO1. The molecule has 0 spiro atoms. The second kappa shape index (κ2) is 25.5. The molecule has 20 heteroatoms. The molecule has 8 N–H and O–H groups in total. The maximum absolute atomic E-state index is 12.4. The number of ether oxygens (including phenoxy) is 1. The van der Waals surface area contributed by atoms with Crippen LogP contribution in [0.1, 0.15) is 79.0 Å². The van der Waals surface area contributed by atoms with Crippen molar-refractivity contribution in [3.8, 4) is 0 Å². The van der Waals surface area contributed by atoms with Gasteiger partial charge in [0.25, 0.3) is 0 Å². The van der Waals surface area contributed by atoms with E-state index in [4.69, 9.17) is 16.2 Å². The number of cyclic esters (lactones) is 1. The maximum atomic E-state index is 12.4. The highest BCUT2D eigenvalue weighted by molar-refractivity contribution is 7.16. The van der Waals surface area contributed by atoms with Crippen molar-refractivity contribution in [3.63, 3.8) is 0 Å². The number of hydrogen-bond donors (Lipinski definition) is 6. The van der Waals surface area contributed by atoms with Crippen LogP contribution in [0.25, 0.3) is 0 Å². The van der Waals surface area contributed by atoms with Crippen LogP contribution in [0.15, 0.2) is 84.9 Å². The first-order valence-electron chi connectivity index (χ1n) is 20.9. The van der Waals surface area contributed by atoms with Gasteiger partial charge in [0.15, 0.2) is 0 Å². The number of benzene rings is 3. The number of amides is 2. The summed E-state index contributed by atoms with van der Waals surface area (Å²) < 4.78 is 4.87. The largest absolute Gasteiger partial charge is 0.461 e. The van der Waals surface area contributed by atoms with Gasteiger partial charge in [-0.15, -0.1) is 41.9 Å². The van der Waals surface area contributed by atoms with E-state index in [1.54, 1.807) is 17.4 Å². The van der Waals surface area contributed by atoms with Gasteiger partial charge in [0.1, 0.15) is 21.6 Å². The third kappa shape index (κ3) is 16.2. The molecular weight excluding hydrogens is 905 g/mol. The molecule has 0 fully saturated rings. The summed E-state index contributed by atoms with van der Waals surface area (Å²) in [7, 11) is 0. The van der Waals surface area contributed by atoms with Gasteiger partial charge >= 0.3 is 5.97 Å². The fourth-order valence-electron chi connectivity index (χ4n) is 6.54. The predicted octanol–water partition coefficient (Wildman–Crippen LogP) is 6.92. The second-order valence-electron chi connectivity index (χ2n) is 14.7. The topological polar surface area (TPSA) is 254 Å². The summed E-state index contributed by atoms with van der Waals surface area (Å²) in [5.74, 6) is -0.411. The molecule has 8 rings (SSSR count). The van der Waals surface area contributed by atoms with Crippen molar-refractivity contribution in [2.45, 2.75) is 90.4 Å². The molecule has 65 heavy (non-hydrogen) atoms. The van der Waals surface area contributed by atoms with Crippen molar-refractivity contribution >= 4 is 83.5 Å². The molecule has 1 aliphatic rings. The number of aliphatic hydroxyl groups is 2. The Kier molecular flexibility index (Phi) is 19.0. The number of anilines is 4. The van der Waals surface area contributed by atoms with E-state index in [2.05, 4.69) is 41.2 Å². The van der Waals surface area contributed by atoms with Gasteiger partial charge in [0, 0.05) is 24.1 Å². The van der Waals surface area contributed by atoms with E-state index < -0.39 is 0 Å². The highest BCUT2D eigenvalue weighted by atomic mass is 32.1. The van der Waals surface area contributed by atoms with Crippen molar-refractivity contribution in [2.75, 3.05) is 22.1 Å². The summed E-state index contributed by atoms with van der Waals surface area (Å²) in [4.78, 5) is 36.8. The Morgan fingerprint density at radius 2 is 1.06 bits per heavy atom. The number of nitrogen functional groups attached to an aromatic ring is 2. The molecule has 0 radical (unpaired) electrons. The van der Waals surface area contributed by atoms with Gasteiger partial charge in [-0.1, -0.05) is 107 Å². The first kappa shape index (κ1) is 48.4. The number of carbonyl (C=O) groups is 3. The molecule has 7 aromatic rings. The van der Waals surface area contributed by atoms with E-state index in [0.29, 0.717) is 28.4 Å². The Hall–Kier alpha value is -6.03. The lowest BCUT2D eigenvalue weighted by Gasteiger charge is -2.14. The Morgan fingerprint density at radius 3 is 1.62 bits per heavy atom. The van der Waals surface area contributed by atoms with Gasteiger partial charge in [-0.25, -0.2) is 0 Å². The number of carbonyl (C=O) groups excluding carboxylic acids is 3. The molecule has 1 aliphatic heterocycles. The number of rotatable bonds is 18. The zero-order chi connectivity index (χ0) is 45.8. The summed E-state index contributed by atoms with van der Waals surface area (Å²) in [6, 6.07) is 26.5. The Balaban J connectivity index is 0.000000209. The first-order chi connectivity index (χ1) is 31.6. The van der Waals surface area contributed by atoms with Crippen molar-refractivity contribution in [1.82, 2.24) is 30.6 Å². The van der Waals surface area contributed by atoms with E-state index in [0.717, 1.165) is 105 Å². The van der Waals surface area contributed by atoms with Crippen molar-refractivity contribution in [1.29, 1.82) is 0 Å². The zero-order valence-corrected chi connectivity index (χ0v) is 38.7. The van der Waals surface area contributed by atoms with Crippen LogP contribution < -0.4 is 22.1 Å². The number of nitrogens with one attached hydrogen (secondary N) is 2. The molecule has 0 saturated heterocycles. The average Bonchev–Trinajstić information content (AvgIpc) is 4.14. The monoisotopic (exact) mass is 954 g/mol. The smallest absolute Gasteiger partial charge is 0.310 e. The third-order valence-corrected chi connectivity index (χ3v) is 13.4. The van der Waals surface area contributed by atoms with Gasteiger partial charge in [-0.2, -0.15) is 0 Å². The molecule has 5 heterocycles. The number of aromatic nitrogens is 6. The van der Waals surface area contributed by atoms with Crippen molar-refractivity contribution < 1.29 is 29.3 Å². The Bertz CT molecular complexity index is 2460. The van der Waals surface area contributed by atoms with Gasteiger partial charge in [0.2, 0.25) is 27.2 Å². The summed E-state index contributed by atoms with van der Waals surface area (Å²) in [6.07, 6.45) is 8.35. The summed E-state index contributed by atoms with van der Waals surface area (Å²) in [5.41, 5.74) is 16.3. The van der Waals surface area contributed by atoms with Crippen LogP contribution in [0, 0.1) is 0 Å². The normalized spacial score (nSPS) is 11.6. The minimum Gasteiger partial charge on any atom is -0.461 e. The van der Waals surface area contributed by atoms with E-state index >= 15 is 0 Å². The molecule has 16 nitrogen and oxygen atoms in total. The van der Waals surface area contributed by atoms with Crippen LogP contribution >= 0.6 is 45.3 Å². The standard InChI is InChI=1S/C28H30N4O4S2.C9H8O2.C8H12N6S2/c33-17-21-9-3-1-7-19(21)15-24(35)29-26-14-13-23(37-26)11-5-6-12-27-31-32-28(38-27)30-25(36)16-20-8-2-4-10-22(20)18-34;10-9-5-7-3-1-2-4-8(7)6-11-9;9-7-13-11-5(15-7)3-1-2-4-6-12-14-8(10)16-6/h1-4,7-10,13-14,33-34H,5-6,11-12,15-18H2,(H,29,35)(H,30,32,36);1-4H,5-6H2;1-4H2,(H2,9,13)(H2,10,14). The molecule has 0 atom stereocenters. The Morgan fingerprint density at radius 1 is 0.569 bits per heavy atom. The van der Waals surface area contributed by atoms with Crippen molar-refractivity contribution in [2.24, 2.45) is 0 Å². The fraction of sp³-hybridized carbons (Fsp3) is 0.311. The highest BCUT2D eigenvalue weighted by Gasteiger charge is 2.15. The number of esters is 1. The number of aliphatic hydroxyl groups excluding tert-OH is 2. The molecule has 340 valence electrons. The number of hydrogen-bond acceptors (Lipinski definition) is 18.